The van der Waals surface area contributed by atoms with Gasteiger partial charge < -0.3 is 40.2 Å². The predicted octanol–water partition coefficient (Wildman–Crippen LogP) is 1.35. The van der Waals surface area contributed by atoms with E-state index >= 15 is 4.39 Å². The Morgan fingerprint density at radius 3 is 2.41 bits per heavy atom. The number of amides is 2. The second-order valence-electron chi connectivity index (χ2n) is 12.7. The molecule has 15 nitrogen and oxygen atoms in total. The van der Waals surface area contributed by atoms with Gasteiger partial charge in [-0.3, -0.25) is 24.1 Å². The molecule has 3 fully saturated rings. The zero-order valence-corrected chi connectivity index (χ0v) is 27.7. The Labute approximate surface area is 292 Å². The highest BCUT2D eigenvalue weighted by Gasteiger charge is 2.55. The van der Waals surface area contributed by atoms with E-state index in [9.17, 15) is 44.1 Å². The van der Waals surface area contributed by atoms with Crippen LogP contribution in [0.1, 0.15) is 40.7 Å². The van der Waals surface area contributed by atoms with E-state index in [1.165, 1.54) is 30.5 Å². The summed E-state index contributed by atoms with van der Waals surface area (Å²) in [6.07, 6.45) is 3.01. The Morgan fingerprint density at radius 2 is 1.76 bits per heavy atom. The number of aromatic nitrogens is 1. The molecule has 3 atom stereocenters. The number of hydrogen-bond donors (Lipinski definition) is 5. The first kappa shape index (κ1) is 34.0. The summed E-state index contributed by atoms with van der Waals surface area (Å²) in [5.41, 5.74) is -0.525. The third-order valence-corrected chi connectivity index (χ3v) is 10.7. The maximum atomic E-state index is 15.4. The number of esters is 1. The van der Waals surface area contributed by atoms with Crippen LogP contribution in [0.2, 0.25) is 0 Å². The van der Waals surface area contributed by atoms with E-state index in [0.717, 1.165) is 35.6 Å². The number of rotatable bonds is 10. The number of ether oxygens (including phenoxy) is 1. The van der Waals surface area contributed by atoms with Gasteiger partial charge in [0.25, 0.3) is 5.91 Å². The number of carbonyl (C=O) groups is 5. The van der Waals surface area contributed by atoms with E-state index in [4.69, 9.17) is 4.74 Å². The van der Waals surface area contributed by atoms with Gasteiger partial charge in [0.2, 0.25) is 11.3 Å². The van der Waals surface area contributed by atoms with Crippen LogP contribution >= 0.6 is 11.8 Å². The number of pyridine rings is 1. The van der Waals surface area contributed by atoms with Crippen molar-refractivity contribution in [1.29, 1.82) is 0 Å². The zero-order chi connectivity index (χ0) is 36.1. The fourth-order valence-electron chi connectivity index (χ4n) is 6.64. The van der Waals surface area contributed by atoms with Crippen molar-refractivity contribution in [2.75, 3.05) is 43.4 Å². The number of carbonyl (C=O) groups excluding carboxylic acids is 3. The number of anilines is 1. The minimum Gasteiger partial charge on any atom is -0.508 e. The van der Waals surface area contributed by atoms with Crippen LogP contribution in [0.5, 0.6) is 5.75 Å². The number of aromatic hydroxyl groups is 1. The van der Waals surface area contributed by atoms with E-state index < -0.39 is 70.6 Å². The van der Waals surface area contributed by atoms with Gasteiger partial charge in [-0.1, -0.05) is 12.1 Å². The van der Waals surface area contributed by atoms with E-state index in [-0.39, 0.29) is 39.6 Å². The number of hydrogen-bond acceptors (Lipinski definition) is 11. The van der Waals surface area contributed by atoms with E-state index in [2.05, 4.69) is 10.6 Å². The lowest BCUT2D eigenvalue weighted by Crippen LogP contribution is -2.71. The highest BCUT2D eigenvalue weighted by molar-refractivity contribution is 8.00. The molecule has 0 spiro atoms. The summed E-state index contributed by atoms with van der Waals surface area (Å²) in [4.78, 5) is 80.2. The van der Waals surface area contributed by atoms with Crippen LogP contribution in [0.4, 0.5) is 10.1 Å². The quantitative estimate of drug-likeness (QED) is 0.114. The smallest absolute Gasteiger partial charge is 0.352 e. The summed E-state index contributed by atoms with van der Waals surface area (Å²) in [6, 6.07) is 6.52. The topological polar surface area (TPSA) is 208 Å². The van der Waals surface area contributed by atoms with Crippen LogP contribution in [-0.4, -0.2) is 104 Å². The number of aliphatic carboxylic acids is 2. The Hall–Kier alpha value is -5.42. The molecule has 2 amide bonds. The standard InChI is InChI=1S/C34H32FN5O10S/c35-22-11-20-23(12-24(22)38-9-7-36-8-10-38)39(18-3-4-18)13-21(28(20)42)34(49)50-14-17-15-51-31-26(30(44)40(31)27(17)33(47)48)37-29(43)25(32(45)46)16-1-5-19(41)6-2-16/h1-2,5-6,11-13,18,25-26,31,36,41H,3-4,7-10,14-15H2,(H,37,43)(H,45,46)(H,47,48)/t25?,26-,31-/m1/s1. The molecule has 7 rings (SSSR count). The van der Waals surface area contributed by atoms with Crippen LogP contribution in [0, 0.1) is 5.82 Å². The van der Waals surface area contributed by atoms with Gasteiger partial charge in [-0.2, -0.15) is 0 Å². The van der Waals surface area contributed by atoms with Crippen molar-refractivity contribution in [1.82, 2.24) is 20.1 Å². The first-order valence-electron chi connectivity index (χ1n) is 16.2. The van der Waals surface area contributed by atoms with Gasteiger partial charge in [0.05, 0.1) is 11.2 Å². The molecule has 2 aromatic carbocycles. The number of piperazine rings is 1. The molecule has 1 unspecified atom stereocenters. The lowest BCUT2D eigenvalue weighted by atomic mass is 9.96. The van der Waals surface area contributed by atoms with E-state index in [1.807, 2.05) is 4.90 Å². The van der Waals surface area contributed by atoms with E-state index in [1.54, 1.807) is 10.6 Å². The summed E-state index contributed by atoms with van der Waals surface area (Å²) in [5.74, 6) is -8.28. The number of carboxylic acids is 2. The number of thioether (sulfide) groups is 1. The zero-order valence-electron chi connectivity index (χ0n) is 26.8. The van der Waals surface area contributed by atoms with Crippen molar-refractivity contribution >= 4 is 58.1 Å². The molecule has 4 aliphatic rings. The number of β-lactam (4-membered cyclic amide) rings is 1. The van der Waals surface area contributed by atoms with Crippen LogP contribution in [0.25, 0.3) is 10.9 Å². The molecule has 2 saturated heterocycles. The van der Waals surface area contributed by atoms with Crippen molar-refractivity contribution in [2.45, 2.75) is 36.2 Å². The Kier molecular flexibility index (Phi) is 8.93. The van der Waals surface area contributed by atoms with Gasteiger partial charge in [0.1, 0.15) is 40.8 Å². The predicted molar refractivity (Wildman–Crippen MR) is 180 cm³/mol. The SMILES string of the molecule is O=C(O)C1=C(COC(=O)c2cn(C3CC3)c3cc(N4CCNCC4)c(F)cc3c2=O)CS[C@@H]2[C@H](NC(=O)C(C(=O)O)c3ccc(O)cc3)C(=O)N12. The fourth-order valence-corrected chi connectivity index (χ4v) is 7.97. The van der Waals surface area contributed by atoms with Crippen LogP contribution in [0.15, 0.2) is 58.7 Å². The van der Waals surface area contributed by atoms with Crippen molar-refractivity contribution < 1.29 is 48.4 Å². The van der Waals surface area contributed by atoms with Crippen LogP contribution in [-0.2, 0) is 23.9 Å². The molecular weight excluding hydrogens is 689 g/mol. The number of carboxylic acid groups (broad SMARTS) is 2. The van der Waals surface area contributed by atoms with Gasteiger partial charge in [-0.05, 0) is 42.7 Å². The Balaban J connectivity index is 1.09. The highest BCUT2D eigenvalue weighted by Crippen LogP contribution is 2.41. The van der Waals surface area contributed by atoms with Crippen LogP contribution in [0.3, 0.4) is 0 Å². The third kappa shape index (κ3) is 6.27. The van der Waals surface area contributed by atoms with E-state index in [0.29, 0.717) is 37.4 Å². The number of nitrogens with one attached hydrogen (secondary N) is 2. The fraction of sp³-hybridized carbons (Fsp3) is 0.353. The second-order valence-corrected chi connectivity index (χ2v) is 13.8. The van der Waals surface area contributed by atoms with Gasteiger partial charge in [-0.15, -0.1) is 11.8 Å². The average molecular weight is 722 g/mol. The summed E-state index contributed by atoms with van der Waals surface area (Å²) in [7, 11) is 0. The second kappa shape index (κ2) is 13.4. The Bertz CT molecular complexity index is 2080. The number of phenolic OH excluding ortho intramolecular Hbond substituents is 1. The number of fused-ring (bicyclic) bond motifs is 2. The van der Waals surface area contributed by atoms with Crippen molar-refractivity contribution in [3.05, 3.63) is 81.0 Å². The lowest BCUT2D eigenvalue weighted by molar-refractivity contribution is -0.152. The lowest BCUT2D eigenvalue weighted by Gasteiger charge is -2.49. The molecule has 266 valence electrons. The molecule has 51 heavy (non-hydrogen) atoms. The highest BCUT2D eigenvalue weighted by atomic mass is 32.2. The minimum atomic E-state index is -1.70. The molecule has 0 radical (unpaired) electrons. The summed E-state index contributed by atoms with van der Waals surface area (Å²) < 4.78 is 22.6. The molecule has 17 heteroatoms. The molecule has 3 aromatic rings. The molecule has 4 heterocycles. The van der Waals surface area contributed by atoms with Crippen molar-refractivity contribution in [2.24, 2.45) is 0 Å². The average Bonchev–Trinajstić information content (AvgIpc) is 3.96. The summed E-state index contributed by atoms with van der Waals surface area (Å²) >= 11 is 1.08. The maximum Gasteiger partial charge on any atom is 0.352 e. The number of nitrogens with zero attached hydrogens (tertiary/aromatic N) is 3. The molecule has 5 N–H and O–H groups in total. The number of benzene rings is 2. The van der Waals surface area contributed by atoms with Gasteiger partial charge in [-0.25, -0.2) is 14.0 Å². The molecule has 1 aliphatic carbocycles. The molecule has 0 bridgehead atoms. The number of phenols is 1. The normalized spacial score (nSPS) is 20.8. The van der Waals surface area contributed by atoms with Gasteiger partial charge in [0.15, 0.2) is 5.92 Å². The van der Waals surface area contributed by atoms with Gasteiger partial charge in [0, 0.05) is 55.1 Å². The van der Waals surface area contributed by atoms with Crippen LogP contribution < -0.4 is 21.0 Å². The van der Waals surface area contributed by atoms with Gasteiger partial charge >= 0.3 is 17.9 Å². The maximum absolute atomic E-state index is 15.4. The summed E-state index contributed by atoms with van der Waals surface area (Å²) in [5, 5.41) is 34.0. The first-order valence-corrected chi connectivity index (χ1v) is 17.2. The largest absolute Gasteiger partial charge is 0.508 e. The monoisotopic (exact) mass is 721 g/mol. The molecule has 1 saturated carbocycles. The number of halogens is 1. The first-order chi connectivity index (χ1) is 24.4. The summed E-state index contributed by atoms with van der Waals surface area (Å²) in [6.45, 7) is 2.00. The Morgan fingerprint density at radius 1 is 1.06 bits per heavy atom. The molecule has 1 aromatic heterocycles. The van der Waals surface area contributed by atoms with Crippen molar-refractivity contribution in [3.63, 3.8) is 0 Å². The molecular formula is C34H32FN5O10S. The molecule has 3 aliphatic heterocycles. The minimum absolute atomic E-state index is 0.00622. The van der Waals surface area contributed by atoms with Crippen molar-refractivity contribution in [3.8, 4) is 5.75 Å². The third-order valence-electron chi connectivity index (χ3n) is 9.38.